The molecular weight excluding hydrogens is 204 g/mol. The van der Waals surface area contributed by atoms with Gasteiger partial charge in [0.25, 0.3) is 5.24 Å². The number of carbonyl (C=O) groups excluding carboxylic acids is 2. The van der Waals surface area contributed by atoms with E-state index >= 15 is 0 Å². The Hall–Kier alpha value is -1.35. The molecular formula is C10H9ClO3. The van der Waals surface area contributed by atoms with Gasteiger partial charge in [-0.15, -0.1) is 0 Å². The summed E-state index contributed by atoms with van der Waals surface area (Å²) in [6.07, 6.45) is 0. The zero-order valence-electron chi connectivity index (χ0n) is 7.83. The first-order valence-corrected chi connectivity index (χ1v) is 4.33. The fourth-order valence-electron chi connectivity index (χ4n) is 1.21. The number of hydrogen-bond acceptors (Lipinski definition) is 3. The first-order chi connectivity index (χ1) is 6.57. The van der Waals surface area contributed by atoms with Crippen LogP contribution in [0.2, 0.25) is 0 Å². The lowest BCUT2D eigenvalue weighted by molar-refractivity contribution is 0.0598. The molecule has 0 fully saturated rings. The van der Waals surface area contributed by atoms with E-state index in [0.29, 0.717) is 5.56 Å². The molecule has 0 aliphatic heterocycles. The molecule has 0 aromatic heterocycles. The minimum absolute atomic E-state index is 0.201. The normalized spacial score (nSPS) is 9.64. The Labute approximate surface area is 86.6 Å². The summed E-state index contributed by atoms with van der Waals surface area (Å²) in [4.78, 5) is 22.3. The third-order valence-electron chi connectivity index (χ3n) is 1.87. The fraction of sp³-hybridized carbons (Fsp3) is 0.200. The van der Waals surface area contributed by atoms with E-state index in [2.05, 4.69) is 4.74 Å². The summed E-state index contributed by atoms with van der Waals surface area (Å²) in [7, 11) is 1.26. The first kappa shape index (κ1) is 10.7. The molecule has 14 heavy (non-hydrogen) atoms. The lowest BCUT2D eigenvalue weighted by atomic mass is 10.0. The van der Waals surface area contributed by atoms with Gasteiger partial charge in [0.1, 0.15) is 0 Å². The van der Waals surface area contributed by atoms with E-state index in [1.807, 2.05) is 0 Å². The number of carbonyl (C=O) groups is 2. The molecule has 0 spiro atoms. The monoisotopic (exact) mass is 212 g/mol. The van der Waals surface area contributed by atoms with Crippen LogP contribution >= 0.6 is 11.6 Å². The summed E-state index contributed by atoms with van der Waals surface area (Å²) >= 11 is 5.37. The Balaban J connectivity index is 3.35. The number of halogens is 1. The van der Waals surface area contributed by atoms with E-state index in [1.54, 1.807) is 19.1 Å². The van der Waals surface area contributed by atoms with Crippen molar-refractivity contribution in [2.75, 3.05) is 7.11 Å². The predicted octanol–water partition coefficient (Wildman–Crippen LogP) is 2.16. The molecule has 0 heterocycles. The second kappa shape index (κ2) is 4.24. The van der Waals surface area contributed by atoms with Crippen LogP contribution in [0.4, 0.5) is 0 Å². The number of aryl methyl sites for hydroxylation is 1. The Morgan fingerprint density at radius 1 is 1.36 bits per heavy atom. The number of rotatable bonds is 2. The number of ether oxygens (including phenoxy) is 1. The summed E-state index contributed by atoms with van der Waals surface area (Å²) in [5.74, 6) is -0.558. The average Bonchev–Trinajstić information content (AvgIpc) is 2.15. The van der Waals surface area contributed by atoms with Crippen molar-refractivity contribution in [1.82, 2.24) is 0 Å². The van der Waals surface area contributed by atoms with Crippen molar-refractivity contribution in [2.45, 2.75) is 6.92 Å². The van der Waals surface area contributed by atoms with Gasteiger partial charge in [0.15, 0.2) is 0 Å². The lowest BCUT2D eigenvalue weighted by Gasteiger charge is -2.06. The summed E-state index contributed by atoms with van der Waals surface area (Å²) in [5.41, 5.74) is 1.07. The zero-order chi connectivity index (χ0) is 10.7. The predicted molar refractivity (Wildman–Crippen MR) is 52.7 cm³/mol. The molecule has 0 saturated heterocycles. The highest BCUT2D eigenvalue weighted by Gasteiger charge is 2.17. The molecule has 0 saturated carbocycles. The van der Waals surface area contributed by atoms with Crippen molar-refractivity contribution in [3.05, 3.63) is 34.9 Å². The third kappa shape index (κ3) is 1.93. The summed E-state index contributed by atoms with van der Waals surface area (Å²) < 4.78 is 4.53. The molecule has 0 aliphatic carbocycles. The topological polar surface area (TPSA) is 43.4 Å². The van der Waals surface area contributed by atoms with E-state index < -0.39 is 11.2 Å². The van der Waals surface area contributed by atoms with Crippen LogP contribution in [-0.4, -0.2) is 18.3 Å². The largest absolute Gasteiger partial charge is 0.465 e. The highest BCUT2D eigenvalue weighted by Crippen LogP contribution is 2.17. The van der Waals surface area contributed by atoms with Gasteiger partial charge in [-0.25, -0.2) is 4.79 Å². The lowest BCUT2D eigenvalue weighted by Crippen LogP contribution is -2.09. The Morgan fingerprint density at radius 2 is 2.00 bits per heavy atom. The van der Waals surface area contributed by atoms with Crippen molar-refractivity contribution in [1.29, 1.82) is 0 Å². The van der Waals surface area contributed by atoms with Gasteiger partial charge in [-0.05, 0) is 30.2 Å². The van der Waals surface area contributed by atoms with E-state index in [9.17, 15) is 9.59 Å². The third-order valence-corrected chi connectivity index (χ3v) is 2.06. The van der Waals surface area contributed by atoms with Gasteiger partial charge in [0.2, 0.25) is 0 Å². The maximum absolute atomic E-state index is 11.3. The van der Waals surface area contributed by atoms with Crippen LogP contribution in [0.5, 0.6) is 0 Å². The van der Waals surface area contributed by atoms with E-state index in [1.165, 1.54) is 13.2 Å². The molecule has 0 amide bonds. The highest BCUT2D eigenvalue weighted by atomic mass is 35.5. The molecule has 3 nitrogen and oxygen atoms in total. The van der Waals surface area contributed by atoms with E-state index in [0.717, 1.165) is 0 Å². The van der Waals surface area contributed by atoms with Gasteiger partial charge in [-0.3, -0.25) is 4.79 Å². The quantitative estimate of drug-likeness (QED) is 0.557. The SMILES string of the molecule is COC(=O)c1cccc(C)c1C(=O)Cl. The number of hydrogen-bond donors (Lipinski definition) is 0. The molecule has 0 bridgehead atoms. The molecule has 1 rings (SSSR count). The summed E-state index contributed by atoms with van der Waals surface area (Å²) in [5, 5.41) is -0.650. The van der Waals surface area contributed by atoms with E-state index in [4.69, 9.17) is 11.6 Å². The van der Waals surface area contributed by atoms with E-state index in [-0.39, 0.29) is 11.1 Å². The average molecular weight is 213 g/mol. The highest BCUT2D eigenvalue weighted by molar-refractivity contribution is 6.68. The van der Waals surface area contributed by atoms with Gasteiger partial charge in [0.05, 0.1) is 18.2 Å². The Morgan fingerprint density at radius 3 is 2.50 bits per heavy atom. The molecule has 0 atom stereocenters. The van der Waals surface area contributed by atoms with Crippen LogP contribution in [0.1, 0.15) is 26.3 Å². The second-order valence-electron chi connectivity index (χ2n) is 2.76. The molecule has 0 aliphatic rings. The van der Waals surface area contributed by atoms with Gasteiger partial charge >= 0.3 is 5.97 Å². The number of methoxy groups -OCH3 is 1. The standard InChI is InChI=1S/C10H9ClO3/c1-6-4-3-5-7(10(13)14-2)8(6)9(11)12/h3-5H,1-2H3. The Kier molecular flexibility index (Phi) is 3.25. The zero-order valence-corrected chi connectivity index (χ0v) is 8.59. The van der Waals surface area contributed by atoms with Crippen molar-refractivity contribution in [3.63, 3.8) is 0 Å². The van der Waals surface area contributed by atoms with Gasteiger partial charge in [-0.2, -0.15) is 0 Å². The van der Waals surface area contributed by atoms with Crippen molar-refractivity contribution in [3.8, 4) is 0 Å². The molecule has 1 aromatic carbocycles. The molecule has 4 heteroatoms. The molecule has 1 aromatic rings. The fourth-order valence-corrected chi connectivity index (χ4v) is 1.46. The van der Waals surface area contributed by atoms with Crippen LogP contribution in [0.3, 0.4) is 0 Å². The molecule has 0 radical (unpaired) electrons. The van der Waals surface area contributed by atoms with Gasteiger partial charge < -0.3 is 4.74 Å². The van der Waals surface area contributed by atoms with Gasteiger partial charge in [0, 0.05) is 0 Å². The molecule has 74 valence electrons. The minimum Gasteiger partial charge on any atom is -0.465 e. The smallest absolute Gasteiger partial charge is 0.338 e. The number of benzene rings is 1. The summed E-state index contributed by atoms with van der Waals surface area (Å²) in [6.45, 7) is 1.71. The maximum Gasteiger partial charge on any atom is 0.338 e. The van der Waals surface area contributed by atoms with Crippen molar-refractivity contribution >= 4 is 22.8 Å². The van der Waals surface area contributed by atoms with Gasteiger partial charge in [-0.1, -0.05) is 12.1 Å². The van der Waals surface area contributed by atoms with Crippen LogP contribution in [0.15, 0.2) is 18.2 Å². The van der Waals surface area contributed by atoms with Crippen molar-refractivity contribution in [2.24, 2.45) is 0 Å². The second-order valence-corrected chi connectivity index (χ2v) is 3.11. The Bertz CT molecular complexity index is 385. The molecule has 0 unspecified atom stereocenters. The molecule has 0 N–H and O–H groups in total. The first-order valence-electron chi connectivity index (χ1n) is 3.95. The van der Waals surface area contributed by atoms with Crippen LogP contribution < -0.4 is 0 Å². The van der Waals surface area contributed by atoms with Crippen LogP contribution in [0.25, 0.3) is 0 Å². The maximum atomic E-state index is 11.3. The van der Waals surface area contributed by atoms with Crippen LogP contribution in [-0.2, 0) is 4.74 Å². The number of esters is 1. The summed E-state index contributed by atoms with van der Waals surface area (Å²) in [6, 6.07) is 4.89. The van der Waals surface area contributed by atoms with Crippen LogP contribution in [0, 0.1) is 6.92 Å². The van der Waals surface area contributed by atoms with Crippen molar-refractivity contribution < 1.29 is 14.3 Å². The minimum atomic E-state index is -0.650.